The monoisotopic (exact) mass is 302 g/mol. The van der Waals surface area contributed by atoms with E-state index in [1.165, 1.54) is 5.56 Å². The number of aryl methyl sites for hydroxylation is 1. The first-order chi connectivity index (χ1) is 10.2. The summed E-state index contributed by atoms with van der Waals surface area (Å²) in [6, 6.07) is 15.6. The molecule has 1 unspecified atom stereocenters. The Bertz CT molecular complexity index is 586. The minimum absolute atomic E-state index is 0.612. The molecular formula is C17H19O3P. The summed E-state index contributed by atoms with van der Waals surface area (Å²) in [6.07, 6.45) is 1.41. The second-order valence-electron chi connectivity index (χ2n) is 4.58. The molecule has 2 aromatic rings. The first-order valence-corrected chi connectivity index (χ1v) is 8.29. The summed E-state index contributed by atoms with van der Waals surface area (Å²) in [5, 5.41) is 0. The molecule has 4 heteroatoms. The van der Waals surface area contributed by atoms with Crippen molar-refractivity contribution in [1.82, 2.24) is 0 Å². The van der Waals surface area contributed by atoms with Crippen molar-refractivity contribution in [3.8, 4) is 11.5 Å². The highest BCUT2D eigenvalue weighted by molar-refractivity contribution is 7.50. The highest BCUT2D eigenvalue weighted by Crippen LogP contribution is 2.29. The molecule has 0 heterocycles. The summed E-state index contributed by atoms with van der Waals surface area (Å²) in [6.45, 7) is 0. The van der Waals surface area contributed by atoms with E-state index in [2.05, 4.69) is 0 Å². The maximum atomic E-state index is 12.3. The number of rotatable bonds is 6. The molecule has 0 aliphatic heterocycles. The molecular weight excluding hydrogens is 283 g/mol. The van der Waals surface area contributed by atoms with E-state index in [1.807, 2.05) is 48.5 Å². The number of hydrogen-bond donors (Lipinski definition) is 0. The molecule has 0 saturated heterocycles. The van der Waals surface area contributed by atoms with Crippen LogP contribution in [0, 0.1) is 0 Å². The van der Waals surface area contributed by atoms with E-state index in [9.17, 15) is 4.89 Å². The lowest BCUT2D eigenvalue weighted by Crippen LogP contribution is -2.01. The Hall–Kier alpha value is -1.83. The van der Waals surface area contributed by atoms with E-state index in [4.69, 9.17) is 9.47 Å². The van der Waals surface area contributed by atoms with Crippen molar-refractivity contribution in [3.05, 3.63) is 59.7 Å². The van der Waals surface area contributed by atoms with E-state index < -0.39 is 7.77 Å². The highest BCUT2D eigenvalue weighted by Gasteiger charge is 2.11. The molecule has 0 aliphatic carbocycles. The van der Waals surface area contributed by atoms with Gasteiger partial charge in [-0.15, -0.1) is 0 Å². The lowest BCUT2D eigenvalue weighted by atomic mass is 10.2. The molecule has 21 heavy (non-hydrogen) atoms. The summed E-state index contributed by atoms with van der Waals surface area (Å²) >= 11 is 0. The fourth-order valence-electron chi connectivity index (χ4n) is 2.10. The number of hydrogen-bond acceptors (Lipinski definition) is 3. The standard InChI is InChI=1S/C17H19O3P/c1-19-16-9-6-10-17(20-2)15(16)13-21(18)12-11-14-7-4-3-5-8-14/h3-10,13H,11-12H2,1-2H3. The molecule has 0 aromatic heterocycles. The van der Waals surface area contributed by atoms with Gasteiger partial charge in [0.25, 0.3) is 0 Å². The van der Waals surface area contributed by atoms with Crippen LogP contribution in [-0.2, 0) is 6.42 Å². The van der Waals surface area contributed by atoms with E-state index in [-0.39, 0.29) is 0 Å². The summed E-state index contributed by atoms with van der Waals surface area (Å²) in [4.78, 5) is 12.3. The number of benzene rings is 2. The van der Waals surface area contributed by atoms with Crippen LogP contribution in [0.1, 0.15) is 11.1 Å². The first-order valence-electron chi connectivity index (χ1n) is 6.78. The summed E-state index contributed by atoms with van der Waals surface area (Å²) < 4.78 is 10.6. The molecule has 3 nitrogen and oxygen atoms in total. The fraction of sp³-hybridized carbons (Fsp3) is 0.235. The van der Waals surface area contributed by atoms with E-state index >= 15 is 0 Å². The van der Waals surface area contributed by atoms with Crippen molar-refractivity contribution < 1.29 is 14.4 Å². The predicted molar refractivity (Wildman–Crippen MR) is 86.6 cm³/mol. The average molecular weight is 302 g/mol. The van der Waals surface area contributed by atoms with Crippen molar-refractivity contribution in [3.63, 3.8) is 0 Å². The van der Waals surface area contributed by atoms with Crippen LogP contribution >= 0.6 is 7.77 Å². The third-order valence-electron chi connectivity index (χ3n) is 3.20. The van der Waals surface area contributed by atoms with E-state index in [0.29, 0.717) is 17.7 Å². The Kier molecular flexibility index (Phi) is 5.79. The van der Waals surface area contributed by atoms with Gasteiger partial charge in [-0.3, -0.25) is 0 Å². The molecule has 0 bridgehead atoms. The van der Waals surface area contributed by atoms with Crippen molar-refractivity contribution in [2.45, 2.75) is 6.42 Å². The Labute approximate surface area is 126 Å². The normalized spacial score (nSPS) is 11.3. The fourth-order valence-corrected chi connectivity index (χ4v) is 3.25. The molecule has 2 rings (SSSR count). The van der Waals surface area contributed by atoms with Crippen LogP contribution in [-0.4, -0.2) is 26.2 Å². The van der Waals surface area contributed by atoms with Crippen LogP contribution in [0.15, 0.2) is 48.5 Å². The molecule has 0 spiro atoms. The van der Waals surface area contributed by atoms with Gasteiger partial charge in [0.15, 0.2) is 0 Å². The second kappa shape index (κ2) is 7.82. The number of methoxy groups -OCH3 is 2. The van der Waals surface area contributed by atoms with E-state index in [1.54, 1.807) is 20.0 Å². The SMILES string of the molecule is COc1cccc(OC)c1C=[P+]([O-])CCc1ccccc1. The van der Waals surface area contributed by atoms with Crippen LogP contribution in [0.2, 0.25) is 0 Å². The van der Waals surface area contributed by atoms with Gasteiger partial charge in [-0.1, -0.05) is 36.4 Å². The maximum Gasteiger partial charge on any atom is 0.133 e. The molecule has 110 valence electrons. The van der Waals surface area contributed by atoms with Crippen LogP contribution in [0.5, 0.6) is 11.5 Å². The second-order valence-corrected chi connectivity index (χ2v) is 6.12. The summed E-state index contributed by atoms with van der Waals surface area (Å²) in [7, 11) is 1.74. The summed E-state index contributed by atoms with van der Waals surface area (Å²) in [5.41, 5.74) is 1.96. The molecule has 2 aromatic carbocycles. The molecule has 0 amide bonds. The van der Waals surface area contributed by atoms with Gasteiger partial charge < -0.3 is 14.4 Å². The molecule has 0 fully saturated rings. The Morgan fingerprint density at radius 1 is 0.952 bits per heavy atom. The molecule has 1 atom stereocenters. The van der Waals surface area contributed by atoms with Crippen molar-refractivity contribution in [1.29, 1.82) is 0 Å². The lowest BCUT2D eigenvalue weighted by Gasteiger charge is -2.09. The zero-order chi connectivity index (χ0) is 15.1. The Morgan fingerprint density at radius 3 is 2.14 bits per heavy atom. The lowest BCUT2D eigenvalue weighted by molar-refractivity contribution is -0.152. The summed E-state index contributed by atoms with van der Waals surface area (Å²) in [5.74, 6) is 3.10. The van der Waals surface area contributed by atoms with Gasteiger partial charge in [-0.25, -0.2) is 0 Å². The minimum Gasteiger partial charge on any atom is -0.630 e. The third kappa shape index (κ3) is 4.32. The van der Waals surface area contributed by atoms with Crippen LogP contribution < -0.4 is 14.4 Å². The van der Waals surface area contributed by atoms with Gasteiger partial charge in [0.05, 0.1) is 22.0 Å². The van der Waals surface area contributed by atoms with Gasteiger partial charge in [0.2, 0.25) is 0 Å². The van der Waals surface area contributed by atoms with E-state index in [0.717, 1.165) is 12.0 Å². The topological polar surface area (TPSA) is 41.5 Å². The zero-order valence-electron chi connectivity index (χ0n) is 12.3. The molecule has 0 saturated carbocycles. The smallest absolute Gasteiger partial charge is 0.133 e. The van der Waals surface area contributed by atoms with Crippen LogP contribution in [0.4, 0.5) is 0 Å². The van der Waals surface area contributed by atoms with Gasteiger partial charge in [0, 0.05) is 6.42 Å². The van der Waals surface area contributed by atoms with Crippen molar-refractivity contribution in [2.75, 3.05) is 20.4 Å². The van der Waals surface area contributed by atoms with Crippen molar-refractivity contribution >= 4 is 13.6 Å². The number of ether oxygens (including phenoxy) is 2. The largest absolute Gasteiger partial charge is 0.630 e. The third-order valence-corrected chi connectivity index (χ3v) is 4.41. The maximum absolute atomic E-state index is 12.3. The molecule has 0 radical (unpaired) electrons. The van der Waals surface area contributed by atoms with Crippen LogP contribution in [0.3, 0.4) is 0 Å². The minimum atomic E-state index is -1.46. The average Bonchev–Trinajstić information content (AvgIpc) is 2.54. The zero-order valence-corrected chi connectivity index (χ0v) is 13.2. The van der Waals surface area contributed by atoms with Gasteiger partial charge >= 0.3 is 0 Å². The Morgan fingerprint density at radius 2 is 1.57 bits per heavy atom. The van der Waals surface area contributed by atoms with Gasteiger partial charge in [-0.05, 0) is 17.7 Å². The molecule has 0 N–H and O–H groups in total. The Balaban J connectivity index is 2.15. The van der Waals surface area contributed by atoms with Gasteiger partial charge in [0.1, 0.15) is 29.0 Å². The quantitative estimate of drug-likeness (QED) is 0.771. The van der Waals surface area contributed by atoms with Crippen LogP contribution in [0.25, 0.3) is 0 Å². The van der Waals surface area contributed by atoms with Gasteiger partial charge in [-0.2, -0.15) is 0 Å². The molecule has 0 aliphatic rings. The van der Waals surface area contributed by atoms with Crippen molar-refractivity contribution in [2.24, 2.45) is 0 Å². The first kappa shape index (κ1) is 15.6. The highest BCUT2D eigenvalue weighted by atomic mass is 31.1. The predicted octanol–water partition coefficient (Wildman–Crippen LogP) is 2.85.